The number of amides is 2. The van der Waals surface area contributed by atoms with Crippen LogP contribution in [0.15, 0.2) is 59.1 Å². The third-order valence-corrected chi connectivity index (χ3v) is 7.26. The Morgan fingerprint density at radius 1 is 1.03 bits per heavy atom. The van der Waals surface area contributed by atoms with Crippen LogP contribution in [0.2, 0.25) is 10.0 Å². The van der Waals surface area contributed by atoms with Gasteiger partial charge in [0, 0.05) is 28.2 Å². The predicted octanol–water partition coefficient (Wildman–Crippen LogP) is 6.62. The lowest BCUT2D eigenvalue weighted by Gasteiger charge is -2.30. The minimum absolute atomic E-state index is 0.0133. The van der Waals surface area contributed by atoms with Crippen LogP contribution in [0, 0.1) is 0 Å². The van der Waals surface area contributed by atoms with Gasteiger partial charge >= 0.3 is 0 Å². The highest BCUT2D eigenvalue weighted by atomic mass is 79.9. The summed E-state index contributed by atoms with van der Waals surface area (Å²) in [5, 5.41) is 5.83. The van der Waals surface area contributed by atoms with E-state index in [1.807, 2.05) is 50.2 Å². The molecule has 0 saturated carbocycles. The van der Waals surface area contributed by atoms with Crippen LogP contribution < -0.4 is 10.1 Å². The van der Waals surface area contributed by atoms with Crippen LogP contribution in [0.4, 0.5) is 0 Å². The van der Waals surface area contributed by atoms with Crippen molar-refractivity contribution in [2.45, 2.75) is 45.8 Å². The number of carbonyl (C=O) groups excluding carboxylic acids is 2. The van der Waals surface area contributed by atoms with Gasteiger partial charge in [-0.05, 0) is 65.2 Å². The zero-order valence-corrected chi connectivity index (χ0v) is 22.4. The molecule has 3 aromatic rings. The van der Waals surface area contributed by atoms with Gasteiger partial charge in [-0.25, -0.2) is 0 Å². The summed E-state index contributed by atoms with van der Waals surface area (Å²) in [7, 11) is 0. The van der Waals surface area contributed by atoms with Crippen molar-refractivity contribution in [3.63, 3.8) is 0 Å². The topological polar surface area (TPSA) is 58.6 Å². The van der Waals surface area contributed by atoms with E-state index in [9.17, 15) is 9.59 Å². The van der Waals surface area contributed by atoms with Crippen LogP contribution in [0.25, 0.3) is 10.8 Å². The molecular weight excluding hydrogens is 539 g/mol. The summed E-state index contributed by atoms with van der Waals surface area (Å²) in [6.07, 6.45) is 0.780. The maximum Gasteiger partial charge on any atom is 0.261 e. The molecule has 0 spiro atoms. The van der Waals surface area contributed by atoms with Gasteiger partial charge in [0.05, 0.1) is 4.47 Å². The van der Waals surface area contributed by atoms with Gasteiger partial charge in [-0.3, -0.25) is 9.59 Å². The second-order valence-electron chi connectivity index (χ2n) is 8.10. The van der Waals surface area contributed by atoms with E-state index in [4.69, 9.17) is 27.9 Å². The lowest BCUT2D eigenvalue weighted by molar-refractivity contribution is -0.142. The van der Waals surface area contributed by atoms with Crippen molar-refractivity contribution >= 4 is 61.7 Å². The highest BCUT2D eigenvalue weighted by Crippen LogP contribution is 2.33. The van der Waals surface area contributed by atoms with E-state index in [-0.39, 0.29) is 31.0 Å². The second-order valence-corrected chi connectivity index (χ2v) is 9.71. The molecule has 3 rings (SSSR count). The Hall–Kier alpha value is -2.28. The van der Waals surface area contributed by atoms with E-state index in [1.165, 1.54) is 4.90 Å². The number of halogens is 3. The maximum atomic E-state index is 13.3. The molecule has 0 heterocycles. The molecule has 0 fully saturated rings. The van der Waals surface area contributed by atoms with E-state index in [2.05, 4.69) is 21.2 Å². The average Bonchev–Trinajstić information content (AvgIpc) is 2.83. The molecule has 2 amide bonds. The SMILES string of the molecule is CCC(C)NC(=O)C(C)N(Cc1c(Cl)cccc1Cl)C(=O)COc1ccc2ccccc2c1Br. The molecule has 0 aliphatic heterocycles. The van der Waals surface area contributed by atoms with Crippen LogP contribution >= 0.6 is 39.1 Å². The number of benzene rings is 3. The first-order valence-corrected chi connectivity index (χ1v) is 12.6. The summed E-state index contributed by atoms with van der Waals surface area (Å²) in [6, 6.07) is 16.0. The first-order valence-electron chi connectivity index (χ1n) is 11.1. The van der Waals surface area contributed by atoms with E-state index in [1.54, 1.807) is 25.1 Å². The Kier molecular flexibility index (Phi) is 9.23. The number of hydrogen-bond donors (Lipinski definition) is 1. The standard InChI is InChI=1S/C26H27BrCl2N2O3/c1-4-16(2)30-26(33)17(3)31(14-20-21(28)10-7-11-22(20)29)24(32)15-34-23-13-12-18-8-5-6-9-19(18)25(23)27/h5-13,16-17H,4,14-15H2,1-3H3,(H,30,33). The average molecular weight is 566 g/mol. The summed E-state index contributed by atoms with van der Waals surface area (Å²) in [4.78, 5) is 27.7. The Labute approximate surface area is 218 Å². The largest absolute Gasteiger partial charge is 0.483 e. The first-order chi connectivity index (χ1) is 16.2. The number of nitrogens with one attached hydrogen (secondary N) is 1. The van der Waals surface area contributed by atoms with Crippen LogP contribution in [0.5, 0.6) is 5.75 Å². The highest BCUT2D eigenvalue weighted by molar-refractivity contribution is 9.10. The molecule has 0 aliphatic carbocycles. The molecule has 0 aliphatic rings. The summed E-state index contributed by atoms with van der Waals surface area (Å²) < 4.78 is 6.65. The number of nitrogens with zero attached hydrogens (tertiary/aromatic N) is 1. The van der Waals surface area contributed by atoms with E-state index < -0.39 is 6.04 Å². The molecule has 8 heteroatoms. The van der Waals surface area contributed by atoms with Gasteiger partial charge in [0.2, 0.25) is 5.91 Å². The summed E-state index contributed by atoms with van der Waals surface area (Å²) in [6.45, 7) is 5.42. The number of rotatable bonds is 9. The molecule has 3 aromatic carbocycles. The molecule has 180 valence electrons. The Morgan fingerprint density at radius 2 is 1.71 bits per heavy atom. The normalized spacial score (nSPS) is 12.8. The molecule has 0 radical (unpaired) electrons. The molecule has 2 unspecified atom stereocenters. The monoisotopic (exact) mass is 564 g/mol. The number of hydrogen-bond acceptors (Lipinski definition) is 3. The maximum absolute atomic E-state index is 13.3. The van der Waals surface area contributed by atoms with E-state index in [0.29, 0.717) is 21.4 Å². The lowest BCUT2D eigenvalue weighted by atomic mass is 10.1. The first kappa shape index (κ1) is 26.3. The van der Waals surface area contributed by atoms with Crippen LogP contribution in [0.3, 0.4) is 0 Å². The smallest absolute Gasteiger partial charge is 0.261 e. The molecular formula is C26H27BrCl2N2O3. The number of ether oxygens (including phenoxy) is 1. The van der Waals surface area contributed by atoms with Crippen molar-refractivity contribution in [1.82, 2.24) is 10.2 Å². The van der Waals surface area contributed by atoms with Crippen LogP contribution in [0.1, 0.15) is 32.8 Å². The minimum atomic E-state index is -0.752. The zero-order chi connectivity index (χ0) is 24.8. The van der Waals surface area contributed by atoms with Gasteiger partial charge in [-0.1, -0.05) is 66.5 Å². The van der Waals surface area contributed by atoms with E-state index in [0.717, 1.165) is 21.7 Å². The third kappa shape index (κ3) is 6.23. The van der Waals surface area contributed by atoms with Crippen molar-refractivity contribution in [3.8, 4) is 5.75 Å². The van der Waals surface area contributed by atoms with Crippen molar-refractivity contribution in [1.29, 1.82) is 0 Å². The molecule has 5 nitrogen and oxygen atoms in total. The van der Waals surface area contributed by atoms with Gasteiger partial charge in [0.1, 0.15) is 11.8 Å². The van der Waals surface area contributed by atoms with Crippen LogP contribution in [-0.2, 0) is 16.1 Å². The quantitative estimate of drug-likeness (QED) is 0.317. The summed E-state index contributed by atoms with van der Waals surface area (Å²) >= 11 is 16.3. The van der Waals surface area contributed by atoms with Crippen molar-refractivity contribution in [3.05, 3.63) is 74.7 Å². The number of carbonyl (C=O) groups is 2. The molecule has 1 N–H and O–H groups in total. The van der Waals surface area contributed by atoms with Gasteiger partial charge in [-0.15, -0.1) is 0 Å². The third-order valence-electron chi connectivity index (χ3n) is 5.74. The molecule has 0 bridgehead atoms. The Bertz CT molecular complexity index is 1170. The Balaban J connectivity index is 1.84. The summed E-state index contributed by atoms with van der Waals surface area (Å²) in [5.74, 6) is -0.0694. The fourth-order valence-corrected chi connectivity index (χ4v) is 4.57. The van der Waals surface area contributed by atoms with Gasteiger partial charge in [0.15, 0.2) is 6.61 Å². The lowest BCUT2D eigenvalue weighted by Crippen LogP contribution is -2.50. The predicted molar refractivity (Wildman–Crippen MR) is 142 cm³/mol. The second kappa shape index (κ2) is 11.9. The fourth-order valence-electron chi connectivity index (χ4n) is 3.45. The van der Waals surface area contributed by atoms with Gasteiger partial charge < -0.3 is 15.0 Å². The van der Waals surface area contributed by atoms with Crippen molar-refractivity contribution in [2.24, 2.45) is 0 Å². The highest BCUT2D eigenvalue weighted by Gasteiger charge is 2.28. The number of fused-ring (bicyclic) bond motifs is 1. The molecule has 0 aromatic heterocycles. The summed E-state index contributed by atoms with van der Waals surface area (Å²) in [5.41, 5.74) is 0.578. The zero-order valence-electron chi connectivity index (χ0n) is 19.3. The van der Waals surface area contributed by atoms with Gasteiger partial charge in [-0.2, -0.15) is 0 Å². The molecule has 34 heavy (non-hydrogen) atoms. The van der Waals surface area contributed by atoms with Crippen LogP contribution in [-0.4, -0.2) is 35.4 Å². The van der Waals surface area contributed by atoms with E-state index >= 15 is 0 Å². The molecule has 2 atom stereocenters. The van der Waals surface area contributed by atoms with Crippen molar-refractivity contribution < 1.29 is 14.3 Å². The van der Waals surface area contributed by atoms with Gasteiger partial charge in [0.25, 0.3) is 5.91 Å². The van der Waals surface area contributed by atoms with Crippen molar-refractivity contribution in [2.75, 3.05) is 6.61 Å². The Morgan fingerprint density at radius 3 is 2.38 bits per heavy atom. The minimum Gasteiger partial charge on any atom is -0.483 e. The molecule has 0 saturated heterocycles. The fraction of sp³-hybridized carbons (Fsp3) is 0.308.